The van der Waals surface area contributed by atoms with Gasteiger partial charge in [0.2, 0.25) is 5.91 Å². The number of amides is 1. The largest absolute Gasteiger partial charge is 0.491 e. The molecular weight excluding hydrogens is 394 g/mol. The fraction of sp³-hybridized carbons (Fsp3) is 0.650. The second kappa shape index (κ2) is 9.88. The normalized spacial score (nSPS) is 21.8. The molecule has 1 N–H and O–H groups in total. The highest BCUT2D eigenvalue weighted by molar-refractivity contribution is 7.86. The maximum atomic E-state index is 12.8. The first kappa shape index (κ1) is 22.0. The van der Waals surface area contributed by atoms with Gasteiger partial charge in [0.15, 0.2) is 0 Å². The smallest absolute Gasteiger partial charge is 0.282 e. The van der Waals surface area contributed by atoms with E-state index < -0.39 is 10.2 Å². The van der Waals surface area contributed by atoms with Crippen molar-refractivity contribution in [2.75, 3.05) is 39.4 Å². The van der Waals surface area contributed by atoms with Crippen LogP contribution in [0.5, 0.6) is 5.75 Å². The molecule has 0 spiro atoms. The fourth-order valence-corrected chi connectivity index (χ4v) is 5.26. The molecule has 2 aliphatic heterocycles. The molecule has 1 atom stereocenters. The van der Waals surface area contributed by atoms with Gasteiger partial charge >= 0.3 is 0 Å². The van der Waals surface area contributed by atoms with E-state index >= 15 is 0 Å². The molecule has 2 heterocycles. The third-order valence-corrected chi connectivity index (χ3v) is 7.14. The fourth-order valence-electron chi connectivity index (χ4n) is 3.60. The molecule has 0 unspecified atom stereocenters. The van der Waals surface area contributed by atoms with Crippen molar-refractivity contribution in [3.8, 4) is 5.75 Å². The maximum Gasteiger partial charge on any atom is 0.282 e. The number of piperidine rings is 1. The Kier molecular flexibility index (Phi) is 7.50. The van der Waals surface area contributed by atoms with Gasteiger partial charge in [0.05, 0.1) is 25.2 Å². The summed E-state index contributed by atoms with van der Waals surface area (Å²) < 4.78 is 39.5. The molecule has 29 heavy (non-hydrogen) atoms. The van der Waals surface area contributed by atoms with Gasteiger partial charge in [-0.2, -0.15) is 17.0 Å². The van der Waals surface area contributed by atoms with E-state index in [1.54, 1.807) is 0 Å². The number of nitrogens with zero attached hydrogens (tertiary/aromatic N) is 2. The van der Waals surface area contributed by atoms with E-state index in [-0.39, 0.29) is 24.5 Å². The Labute approximate surface area is 173 Å². The Morgan fingerprint density at radius 1 is 1.17 bits per heavy atom. The standard InChI is InChI=1S/C20H31N3O5S/c1-16(2)28-19-7-5-17(6-8-19)14-21-20(24)18-4-3-9-23(15-18)29(25,26)22-10-12-27-13-11-22/h5-8,16,18H,3-4,9-15H2,1-2H3,(H,21,24)/t18-/m1/s1. The number of hydrogen-bond donors (Lipinski definition) is 1. The molecule has 1 amide bonds. The molecule has 2 saturated heterocycles. The van der Waals surface area contributed by atoms with Gasteiger partial charge < -0.3 is 14.8 Å². The summed E-state index contributed by atoms with van der Waals surface area (Å²) in [5, 5.41) is 2.95. The third kappa shape index (κ3) is 5.91. The van der Waals surface area contributed by atoms with Crippen molar-refractivity contribution in [1.82, 2.24) is 13.9 Å². The van der Waals surface area contributed by atoms with Crippen molar-refractivity contribution in [2.24, 2.45) is 5.92 Å². The van der Waals surface area contributed by atoms with E-state index in [4.69, 9.17) is 9.47 Å². The third-order valence-electron chi connectivity index (χ3n) is 5.14. The molecule has 0 aliphatic carbocycles. The predicted molar refractivity (Wildman–Crippen MR) is 110 cm³/mol. The first-order valence-corrected chi connectivity index (χ1v) is 11.6. The number of morpholine rings is 1. The highest BCUT2D eigenvalue weighted by Gasteiger charge is 2.36. The zero-order valence-corrected chi connectivity index (χ0v) is 18.0. The lowest BCUT2D eigenvalue weighted by atomic mass is 9.99. The average Bonchev–Trinajstić information content (AvgIpc) is 2.73. The Balaban J connectivity index is 1.53. The van der Waals surface area contributed by atoms with E-state index in [9.17, 15) is 13.2 Å². The second-order valence-corrected chi connectivity index (χ2v) is 9.67. The van der Waals surface area contributed by atoms with Crippen molar-refractivity contribution in [3.63, 3.8) is 0 Å². The molecule has 0 bridgehead atoms. The van der Waals surface area contributed by atoms with E-state index in [0.717, 1.165) is 11.3 Å². The lowest BCUT2D eigenvalue weighted by Gasteiger charge is -2.36. The van der Waals surface area contributed by atoms with Crippen LogP contribution in [0.1, 0.15) is 32.3 Å². The van der Waals surface area contributed by atoms with E-state index in [1.165, 1.54) is 8.61 Å². The maximum absolute atomic E-state index is 12.8. The van der Waals surface area contributed by atoms with Crippen LogP contribution in [0.25, 0.3) is 0 Å². The number of rotatable bonds is 7. The van der Waals surface area contributed by atoms with Gasteiger partial charge in [0.1, 0.15) is 5.75 Å². The highest BCUT2D eigenvalue weighted by Crippen LogP contribution is 2.22. The summed E-state index contributed by atoms with van der Waals surface area (Å²) in [5.74, 6) is 0.365. The summed E-state index contributed by atoms with van der Waals surface area (Å²) in [6.45, 7) is 6.61. The Hall–Kier alpha value is -1.68. The number of carbonyl (C=O) groups is 1. The van der Waals surface area contributed by atoms with Crippen molar-refractivity contribution >= 4 is 16.1 Å². The number of carbonyl (C=O) groups excluding carboxylic acids is 1. The lowest BCUT2D eigenvalue weighted by Crippen LogP contribution is -2.52. The van der Waals surface area contributed by atoms with Gasteiger partial charge in [-0.05, 0) is 44.4 Å². The van der Waals surface area contributed by atoms with Crippen LogP contribution in [0.15, 0.2) is 24.3 Å². The number of hydrogen-bond acceptors (Lipinski definition) is 5. The van der Waals surface area contributed by atoms with Gasteiger partial charge in [0.25, 0.3) is 10.2 Å². The van der Waals surface area contributed by atoms with E-state index in [0.29, 0.717) is 52.2 Å². The monoisotopic (exact) mass is 425 g/mol. The molecular formula is C20H31N3O5S. The Morgan fingerprint density at radius 2 is 1.86 bits per heavy atom. The minimum atomic E-state index is -3.54. The van der Waals surface area contributed by atoms with Gasteiger partial charge in [-0.25, -0.2) is 0 Å². The molecule has 0 radical (unpaired) electrons. The van der Waals surface area contributed by atoms with Crippen LogP contribution in [0.4, 0.5) is 0 Å². The minimum absolute atomic E-state index is 0.102. The molecule has 2 aliphatic rings. The van der Waals surface area contributed by atoms with Crippen LogP contribution in [0, 0.1) is 5.92 Å². The first-order valence-electron chi connectivity index (χ1n) is 10.2. The molecule has 3 rings (SSSR count). The first-order chi connectivity index (χ1) is 13.9. The topological polar surface area (TPSA) is 88.2 Å². The second-order valence-electron chi connectivity index (χ2n) is 7.74. The summed E-state index contributed by atoms with van der Waals surface area (Å²) in [5.41, 5.74) is 0.975. The number of benzene rings is 1. The Bertz CT molecular complexity index is 776. The van der Waals surface area contributed by atoms with Gasteiger partial charge in [-0.3, -0.25) is 4.79 Å². The zero-order chi connectivity index (χ0) is 20.9. The van der Waals surface area contributed by atoms with Crippen molar-refractivity contribution in [3.05, 3.63) is 29.8 Å². The summed E-state index contributed by atoms with van der Waals surface area (Å²) >= 11 is 0. The molecule has 8 nitrogen and oxygen atoms in total. The summed E-state index contributed by atoms with van der Waals surface area (Å²) in [6.07, 6.45) is 1.49. The van der Waals surface area contributed by atoms with Crippen LogP contribution in [0.2, 0.25) is 0 Å². The van der Waals surface area contributed by atoms with Crippen LogP contribution in [0.3, 0.4) is 0 Å². The SMILES string of the molecule is CC(C)Oc1ccc(CNC(=O)[C@@H]2CCCN(S(=O)(=O)N3CCOCC3)C2)cc1. The molecule has 162 valence electrons. The summed E-state index contributed by atoms with van der Waals surface area (Å²) in [4.78, 5) is 12.6. The van der Waals surface area contributed by atoms with E-state index in [1.807, 2.05) is 38.1 Å². The quantitative estimate of drug-likeness (QED) is 0.713. The molecule has 0 saturated carbocycles. The molecule has 1 aromatic rings. The van der Waals surface area contributed by atoms with E-state index in [2.05, 4.69) is 5.32 Å². The van der Waals surface area contributed by atoms with Crippen LogP contribution >= 0.6 is 0 Å². The predicted octanol–water partition coefficient (Wildman–Crippen LogP) is 1.38. The van der Waals surface area contributed by atoms with Gasteiger partial charge in [-0.15, -0.1) is 0 Å². The minimum Gasteiger partial charge on any atom is -0.491 e. The number of ether oxygens (including phenoxy) is 2. The zero-order valence-electron chi connectivity index (χ0n) is 17.2. The van der Waals surface area contributed by atoms with Crippen molar-refractivity contribution in [2.45, 2.75) is 39.3 Å². The van der Waals surface area contributed by atoms with Crippen LogP contribution < -0.4 is 10.1 Å². The van der Waals surface area contributed by atoms with Gasteiger partial charge in [0, 0.05) is 32.7 Å². The lowest BCUT2D eigenvalue weighted by molar-refractivity contribution is -0.126. The molecule has 1 aromatic carbocycles. The van der Waals surface area contributed by atoms with Crippen LogP contribution in [-0.2, 0) is 26.3 Å². The highest BCUT2D eigenvalue weighted by atomic mass is 32.2. The molecule has 0 aromatic heterocycles. The summed E-state index contributed by atoms with van der Waals surface area (Å²) in [7, 11) is -3.54. The number of nitrogens with one attached hydrogen (secondary N) is 1. The van der Waals surface area contributed by atoms with Crippen LogP contribution in [-0.4, -0.2) is 68.4 Å². The van der Waals surface area contributed by atoms with Crippen molar-refractivity contribution in [1.29, 1.82) is 0 Å². The Morgan fingerprint density at radius 3 is 2.52 bits per heavy atom. The van der Waals surface area contributed by atoms with Gasteiger partial charge in [-0.1, -0.05) is 12.1 Å². The van der Waals surface area contributed by atoms with Crippen molar-refractivity contribution < 1.29 is 22.7 Å². The molecule has 2 fully saturated rings. The molecule has 9 heteroatoms. The summed E-state index contributed by atoms with van der Waals surface area (Å²) in [6, 6.07) is 7.62. The average molecular weight is 426 g/mol.